The van der Waals surface area contributed by atoms with Crippen LogP contribution in [0.3, 0.4) is 0 Å². The fraction of sp³-hybridized carbons (Fsp3) is 0.529. The second kappa shape index (κ2) is 11.2. The van der Waals surface area contributed by atoms with E-state index >= 15 is 0 Å². The Balaban J connectivity index is 0.00000200. The minimum Gasteiger partial charge on any atom is -0.481 e. The van der Waals surface area contributed by atoms with Crippen LogP contribution in [0.15, 0.2) is 24.3 Å². The van der Waals surface area contributed by atoms with E-state index in [2.05, 4.69) is 5.32 Å². The summed E-state index contributed by atoms with van der Waals surface area (Å²) >= 11 is 0. The van der Waals surface area contributed by atoms with Gasteiger partial charge in [-0.3, -0.25) is 4.79 Å². The van der Waals surface area contributed by atoms with E-state index in [9.17, 15) is 4.79 Å². The van der Waals surface area contributed by atoms with Gasteiger partial charge in [-0.25, -0.2) is 0 Å². The average Bonchev–Trinajstić information content (AvgIpc) is 2.41. The average molecular weight is 365 g/mol. The standard InChI is InChI=1S/C16H23NO2.CH3.Y/c18-16(19)12-14-6-8-15(9-7-14)17-11-10-13-4-2-1-3-5-13;;/h6-9,13,17H,1-5,10-12H2,(H,18,19);1H3;/q;-1;. The Morgan fingerprint density at radius 1 is 1.14 bits per heavy atom. The fourth-order valence-corrected chi connectivity index (χ4v) is 2.81. The van der Waals surface area contributed by atoms with E-state index in [0.717, 1.165) is 23.7 Å². The van der Waals surface area contributed by atoms with E-state index in [1.165, 1.54) is 38.5 Å². The zero-order valence-corrected chi connectivity index (χ0v) is 15.8. The van der Waals surface area contributed by atoms with Crippen LogP contribution in [0.4, 0.5) is 5.69 Å². The van der Waals surface area contributed by atoms with Crippen molar-refractivity contribution < 1.29 is 42.6 Å². The van der Waals surface area contributed by atoms with Crippen molar-refractivity contribution in [2.45, 2.75) is 44.9 Å². The molecule has 1 radical (unpaired) electrons. The van der Waals surface area contributed by atoms with Gasteiger partial charge in [-0.1, -0.05) is 44.2 Å². The third-order valence-electron chi connectivity index (χ3n) is 3.92. The number of carboxylic acid groups (broad SMARTS) is 1. The molecule has 4 heteroatoms. The Bertz CT molecular complexity index is 400. The molecule has 3 nitrogen and oxygen atoms in total. The van der Waals surface area contributed by atoms with Gasteiger partial charge >= 0.3 is 5.97 Å². The van der Waals surface area contributed by atoms with Gasteiger partial charge in [0.25, 0.3) is 0 Å². The quantitative estimate of drug-likeness (QED) is 0.745. The third kappa shape index (κ3) is 7.97. The molecular weight excluding hydrogens is 339 g/mol. The molecular formula is C17H26NO2Y-. The molecule has 21 heavy (non-hydrogen) atoms. The minimum absolute atomic E-state index is 0. The summed E-state index contributed by atoms with van der Waals surface area (Å²) in [6, 6.07) is 7.71. The Kier molecular flexibility index (Phi) is 11.0. The van der Waals surface area contributed by atoms with Crippen molar-refractivity contribution in [1.29, 1.82) is 0 Å². The van der Waals surface area contributed by atoms with Crippen LogP contribution in [0, 0.1) is 13.3 Å². The monoisotopic (exact) mass is 365 g/mol. The number of carboxylic acids is 1. The summed E-state index contributed by atoms with van der Waals surface area (Å²) in [5, 5.41) is 12.1. The first-order valence-corrected chi connectivity index (χ1v) is 7.28. The first-order valence-electron chi connectivity index (χ1n) is 7.28. The van der Waals surface area contributed by atoms with Crippen LogP contribution in [-0.4, -0.2) is 17.6 Å². The molecule has 1 aromatic rings. The summed E-state index contributed by atoms with van der Waals surface area (Å²) in [7, 11) is 0. The maximum atomic E-state index is 10.6. The summed E-state index contributed by atoms with van der Waals surface area (Å²) in [5.41, 5.74) is 1.94. The molecule has 0 aromatic heterocycles. The van der Waals surface area contributed by atoms with E-state index in [1.54, 1.807) is 0 Å². The smallest absolute Gasteiger partial charge is 0.307 e. The maximum absolute atomic E-state index is 10.6. The van der Waals surface area contributed by atoms with Crippen molar-refractivity contribution in [2.75, 3.05) is 11.9 Å². The number of hydrogen-bond donors (Lipinski definition) is 2. The van der Waals surface area contributed by atoms with Crippen LogP contribution in [0.5, 0.6) is 0 Å². The normalized spacial score (nSPS) is 14.7. The number of nitrogens with one attached hydrogen (secondary N) is 1. The van der Waals surface area contributed by atoms with Crippen molar-refractivity contribution in [1.82, 2.24) is 0 Å². The topological polar surface area (TPSA) is 49.3 Å². The second-order valence-electron chi connectivity index (χ2n) is 5.49. The first kappa shape index (κ1) is 20.6. The van der Waals surface area contributed by atoms with Crippen LogP contribution in [0.1, 0.15) is 44.1 Å². The van der Waals surface area contributed by atoms with Crippen molar-refractivity contribution >= 4 is 11.7 Å². The van der Waals surface area contributed by atoms with E-state index < -0.39 is 5.97 Å². The van der Waals surface area contributed by atoms with E-state index in [4.69, 9.17) is 5.11 Å². The van der Waals surface area contributed by atoms with Gasteiger partial charge < -0.3 is 17.8 Å². The van der Waals surface area contributed by atoms with Gasteiger partial charge in [-0.2, -0.15) is 0 Å². The molecule has 0 amide bonds. The van der Waals surface area contributed by atoms with Crippen molar-refractivity contribution in [3.8, 4) is 0 Å². The number of rotatable bonds is 6. The molecule has 0 unspecified atom stereocenters. The zero-order chi connectivity index (χ0) is 13.5. The predicted molar refractivity (Wildman–Crippen MR) is 83.9 cm³/mol. The number of carbonyl (C=O) groups is 1. The number of benzene rings is 1. The van der Waals surface area contributed by atoms with Gasteiger partial charge in [0.05, 0.1) is 6.42 Å². The minimum atomic E-state index is -0.780. The number of anilines is 1. The van der Waals surface area contributed by atoms with Gasteiger partial charge in [0.15, 0.2) is 0 Å². The summed E-state index contributed by atoms with van der Waals surface area (Å²) in [6.07, 6.45) is 8.33. The molecule has 0 atom stereocenters. The van der Waals surface area contributed by atoms with Crippen molar-refractivity contribution in [3.05, 3.63) is 37.3 Å². The van der Waals surface area contributed by atoms with E-state index in [1.807, 2.05) is 24.3 Å². The Hall–Kier alpha value is -0.406. The molecule has 1 aromatic carbocycles. The van der Waals surface area contributed by atoms with Gasteiger partial charge in [-0.15, -0.1) is 0 Å². The summed E-state index contributed by atoms with van der Waals surface area (Å²) in [4.78, 5) is 10.6. The Labute approximate surface area is 153 Å². The van der Waals surface area contributed by atoms with Gasteiger partial charge in [0.2, 0.25) is 0 Å². The van der Waals surface area contributed by atoms with Crippen LogP contribution < -0.4 is 5.32 Å². The molecule has 1 aliphatic carbocycles. The first-order chi connectivity index (χ1) is 9.24. The predicted octanol–water partition coefficient (Wildman–Crippen LogP) is 4.14. The molecule has 2 N–H and O–H groups in total. The fourth-order valence-electron chi connectivity index (χ4n) is 2.81. The molecule has 1 fully saturated rings. The molecule has 0 saturated heterocycles. The van der Waals surface area contributed by atoms with Crippen LogP contribution in [0.25, 0.3) is 0 Å². The number of aliphatic carboxylic acids is 1. The van der Waals surface area contributed by atoms with Crippen molar-refractivity contribution in [3.63, 3.8) is 0 Å². The second-order valence-corrected chi connectivity index (χ2v) is 5.49. The molecule has 0 heterocycles. The molecule has 2 rings (SSSR count). The van der Waals surface area contributed by atoms with Crippen molar-refractivity contribution in [2.24, 2.45) is 5.92 Å². The summed E-state index contributed by atoms with van der Waals surface area (Å²) < 4.78 is 0. The van der Waals surface area contributed by atoms with Gasteiger partial charge in [-0.05, 0) is 30.0 Å². The zero-order valence-electron chi connectivity index (χ0n) is 13.0. The Morgan fingerprint density at radius 2 is 1.76 bits per heavy atom. The van der Waals surface area contributed by atoms with Crippen LogP contribution >= 0.6 is 0 Å². The largest absolute Gasteiger partial charge is 0.481 e. The molecule has 0 bridgehead atoms. The van der Waals surface area contributed by atoms with Crippen LogP contribution in [-0.2, 0) is 43.9 Å². The third-order valence-corrected chi connectivity index (χ3v) is 3.92. The van der Waals surface area contributed by atoms with Crippen LogP contribution in [0.2, 0.25) is 0 Å². The summed E-state index contributed by atoms with van der Waals surface area (Å²) in [5.74, 6) is 0.116. The molecule has 0 spiro atoms. The Morgan fingerprint density at radius 3 is 2.33 bits per heavy atom. The molecule has 1 aliphatic rings. The maximum Gasteiger partial charge on any atom is 0.307 e. The van der Waals surface area contributed by atoms with Gasteiger partial charge in [0, 0.05) is 44.9 Å². The summed E-state index contributed by atoms with van der Waals surface area (Å²) in [6.45, 7) is 1.02. The molecule has 115 valence electrons. The number of hydrogen-bond acceptors (Lipinski definition) is 2. The van der Waals surface area contributed by atoms with E-state index in [0.29, 0.717) is 0 Å². The molecule has 1 saturated carbocycles. The molecule has 0 aliphatic heterocycles. The van der Waals surface area contributed by atoms with Gasteiger partial charge in [0.1, 0.15) is 0 Å². The SMILES string of the molecule is O=C(O)Cc1ccc(NCCC2CCCCC2)cc1.[CH3-].[Y]. The van der Waals surface area contributed by atoms with E-state index in [-0.39, 0.29) is 46.6 Å².